The summed E-state index contributed by atoms with van der Waals surface area (Å²) in [6, 6.07) is 6.37. The van der Waals surface area contributed by atoms with Gasteiger partial charge in [-0.3, -0.25) is 9.69 Å². The molecule has 1 N–H and O–H groups in total. The van der Waals surface area contributed by atoms with Crippen LogP contribution in [0.2, 0.25) is 5.02 Å². The fourth-order valence-corrected chi connectivity index (χ4v) is 2.63. The molecule has 0 saturated carbocycles. The van der Waals surface area contributed by atoms with E-state index in [1.807, 2.05) is 10.2 Å². The Morgan fingerprint density at radius 2 is 2.04 bits per heavy atom. The van der Waals surface area contributed by atoms with Crippen molar-refractivity contribution in [3.63, 3.8) is 0 Å². The highest BCUT2D eigenvalue weighted by Crippen LogP contribution is 2.19. The second-order valence-electron chi connectivity index (χ2n) is 5.33. The first-order valence-electron chi connectivity index (χ1n) is 7.32. The Kier molecular flexibility index (Phi) is 6.12. The Hall–Kier alpha value is -1.47. The third kappa shape index (κ3) is 5.91. The number of nitrogens with zero attached hydrogens (tertiary/aromatic N) is 1. The molecule has 1 heterocycles. The SMILES string of the molecule is O=C(NCC(F)(F)F)C1CCCN1CCOc1ccc(Cl)cc1. The summed E-state index contributed by atoms with van der Waals surface area (Å²) in [5.74, 6) is 0.0815. The molecule has 0 aliphatic carbocycles. The molecule has 1 amide bonds. The van der Waals surface area contributed by atoms with Crippen LogP contribution < -0.4 is 10.1 Å². The Morgan fingerprint density at radius 3 is 2.70 bits per heavy atom. The van der Waals surface area contributed by atoms with Crippen molar-refractivity contribution in [1.82, 2.24) is 10.2 Å². The Bertz CT molecular complexity index is 522. The first-order chi connectivity index (χ1) is 10.8. The molecular weight excluding hydrogens is 333 g/mol. The summed E-state index contributed by atoms with van der Waals surface area (Å²) in [5, 5.41) is 2.56. The van der Waals surface area contributed by atoms with Crippen molar-refractivity contribution in [2.24, 2.45) is 0 Å². The zero-order valence-electron chi connectivity index (χ0n) is 12.4. The molecule has 1 fully saturated rings. The van der Waals surface area contributed by atoms with Crippen LogP contribution in [0.3, 0.4) is 0 Å². The lowest BCUT2D eigenvalue weighted by Gasteiger charge is -2.23. The molecule has 128 valence electrons. The molecule has 1 aromatic carbocycles. The summed E-state index contributed by atoms with van der Waals surface area (Å²) in [7, 11) is 0. The van der Waals surface area contributed by atoms with Crippen LogP contribution >= 0.6 is 11.6 Å². The first-order valence-corrected chi connectivity index (χ1v) is 7.70. The highest BCUT2D eigenvalue weighted by molar-refractivity contribution is 6.30. The van der Waals surface area contributed by atoms with Gasteiger partial charge in [0, 0.05) is 11.6 Å². The van der Waals surface area contributed by atoms with Crippen molar-refractivity contribution in [3.05, 3.63) is 29.3 Å². The standard InChI is InChI=1S/C15H18ClF3N2O2/c16-11-3-5-12(6-4-11)23-9-8-21-7-1-2-13(21)14(22)20-10-15(17,18)19/h3-6,13H,1-2,7-10H2,(H,20,22). The smallest absolute Gasteiger partial charge is 0.405 e. The maximum atomic E-state index is 12.2. The van der Waals surface area contributed by atoms with E-state index < -0.39 is 24.7 Å². The fourth-order valence-electron chi connectivity index (χ4n) is 2.51. The molecule has 1 aromatic rings. The molecule has 0 bridgehead atoms. The minimum absolute atomic E-state index is 0.352. The van der Waals surface area contributed by atoms with E-state index in [4.69, 9.17) is 16.3 Å². The molecule has 0 radical (unpaired) electrons. The van der Waals surface area contributed by atoms with E-state index >= 15 is 0 Å². The summed E-state index contributed by atoms with van der Waals surface area (Å²) in [4.78, 5) is 13.7. The van der Waals surface area contributed by atoms with Gasteiger partial charge in [-0.1, -0.05) is 11.6 Å². The summed E-state index contributed by atoms with van der Waals surface area (Å²) in [6.45, 7) is 0.211. The minimum atomic E-state index is -4.39. The maximum Gasteiger partial charge on any atom is 0.405 e. The average molecular weight is 351 g/mol. The Labute approximate surface area is 137 Å². The number of carbonyl (C=O) groups excluding carboxylic acids is 1. The number of hydrogen-bond acceptors (Lipinski definition) is 3. The summed E-state index contributed by atoms with van der Waals surface area (Å²) < 4.78 is 42.0. The summed E-state index contributed by atoms with van der Waals surface area (Å²) in [6.07, 6.45) is -3.05. The van der Waals surface area contributed by atoms with Crippen LogP contribution in [0, 0.1) is 0 Å². The van der Waals surface area contributed by atoms with Crippen molar-refractivity contribution >= 4 is 17.5 Å². The van der Waals surface area contributed by atoms with Gasteiger partial charge in [-0.15, -0.1) is 0 Å². The van der Waals surface area contributed by atoms with Gasteiger partial charge in [-0.05, 0) is 43.7 Å². The lowest BCUT2D eigenvalue weighted by atomic mass is 10.2. The molecule has 1 atom stereocenters. The molecule has 0 aromatic heterocycles. The van der Waals surface area contributed by atoms with Crippen LogP contribution in [0.4, 0.5) is 13.2 Å². The van der Waals surface area contributed by atoms with Gasteiger partial charge in [0.05, 0.1) is 6.04 Å². The number of likely N-dealkylation sites (tertiary alicyclic amines) is 1. The molecule has 0 spiro atoms. The maximum absolute atomic E-state index is 12.2. The Balaban J connectivity index is 1.77. The molecule has 1 aliphatic rings. The van der Waals surface area contributed by atoms with Crippen LogP contribution in [-0.4, -0.2) is 49.3 Å². The van der Waals surface area contributed by atoms with E-state index in [-0.39, 0.29) is 0 Å². The van der Waals surface area contributed by atoms with Gasteiger partial charge < -0.3 is 10.1 Å². The van der Waals surface area contributed by atoms with Gasteiger partial charge in [0.15, 0.2) is 0 Å². The number of hydrogen-bond donors (Lipinski definition) is 1. The summed E-state index contributed by atoms with van der Waals surface area (Å²) >= 11 is 5.78. The van der Waals surface area contributed by atoms with Gasteiger partial charge in [-0.25, -0.2) is 0 Å². The zero-order chi connectivity index (χ0) is 16.9. The number of carbonyl (C=O) groups is 1. The van der Waals surface area contributed by atoms with Crippen molar-refractivity contribution in [2.45, 2.75) is 25.1 Å². The first kappa shape index (κ1) is 17.9. The van der Waals surface area contributed by atoms with Crippen molar-refractivity contribution in [1.29, 1.82) is 0 Å². The van der Waals surface area contributed by atoms with Gasteiger partial charge in [-0.2, -0.15) is 13.2 Å². The van der Waals surface area contributed by atoms with E-state index in [0.717, 1.165) is 6.42 Å². The number of halogens is 4. The van der Waals surface area contributed by atoms with Crippen LogP contribution in [0.5, 0.6) is 5.75 Å². The Morgan fingerprint density at radius 1 is 1.35 bits per heavy atom. The normalized spacial score (nSPS) is 18.9. The average Bonchev–Trinajstić information content (AvgIpc) is 2.95. The molecule has 2 rings (SSSR count). The molecule has 8 heteroatoms. The third-order valence-corrected chi connectivity index (χ3v) is 3.84. The van der Waals surface area contributed by atoms with Crippen LogP contribution in [0.25, 0.3) is 0 Å². The monoisotopic (exact) mass is 350 g/mol. The highest BCUT2D eigenvalue weighted by atomic mass is 35.5. The quantitative estimate of drug-likeness (QED) is 0.857. The number of ether oxygens (including phenoxy) is 1. The third-order valence-electron chi connectivity index (χ3n) is 3.59. The molecular formula is C15H18ClF3N2O2. The van der Waals surface area contributed by atoms with Crippen LogP contribution in [-0.2, 0) is 4.79 Å². The van der Waals surface area contributed by atoms with E-state index in [2.05, 4.69) is 0 Å². The van der Waals surface area contributed by atoms with Gasteiger partial charge in [0.25, 0.3) is 0 Å². The second kappa shape index (κ2) is 7.88. The molecule has 23 heavy (non-hydrogen) atoms. The number of benzene rings is 1. The summed E-state index contributed by atoms with van der Waals surface area (Å²) in [5.41, 5.74) is 0. The van der Waals surface area contributed by atoms with E-state index in [1.54, 1.807) is 24.3 Å². The molecule has 4 nitrogen and oxygen atoms in total. The zero-order valence-corrected chi connectivity index (χ0v) is 13.2. The van der Waals surface area contributed by atoms with Crippen molar-refractivity contribution in [2.75, 3.05) is 26.2 Å². The lowest BCUT2D eigenvalue weighted by Crippen LogP contribution is -2.46. The highest BCUT2D eigenvalue weighted by Gasteiger charge is 2.33. The predicted molar refractivity (Wildman–Crippen MR) is 80.6 cm³/mol. The van der Waals surface area contributed by atoms with E-state index in [1.165, 1.54) is 0 Å². The largest absolute Gasteiger partial charge is 0.492 e. The topological polar surface area (TPSA) is 41.6 Å². The predicted octanol–water partition coefficient (Wildman–Crippen LogP) is 2.86. The van der Waals surface area contributed by atoms with Crippen LogP contribution in [0.1, 0.15) is 12.8 Å². The van der Waals surface area contributed by atoms with E-state index in [9.17, 15) is 18.0 Å². The molecule has 1 aliphatic heterocycles. The van der Waals surface area contributed by atoms with Crippen molar-refractivity contribution in [3.8, 4) is 5.75 Å². The van der Waals surface area contributed by atoms with Crippen LogP contribution in [0.15, 0.2) is 24.3 Å². The van der Waals surface area contributed by atoms with E-state index in [0.29, 0.717) is 36.9 Å². The molecule has 1 saturated heterocycles. The number of amides is 1. The van der Waals surface area contributed by atoms with Crippen molar-refractivity contribution < 1.29 is 22.7 Å². The minimum Gasteiger partial charge on any atom is -0.492 e. The lowest BCUT2D eigenvalue weighted by molar-refractivity contribution is -0.141. The number of rotatable bonds is 6. The second-order valence-corrected chi connectivity index (χ2v) is 5.77. The van der Waals surface area contributed by atoms with Gasteiger partial charge >= 0.3 is 6.18 Å². The molecule has 1 unspecified atom stereocenters. The fraction of sp³-hybridized carbons (Fsp3) is 0.533. The van der Waals surface area contributed by atoms with Gasteiger partial charge in [0.1, 0.15) is 18.9 Å². The number of alkyl halides is 3. The number of nitrogens with one attached hydrogen (secondary N) is 1. The van der Waals surface area contributed by atoms with Gasteiger partial charge in [0.2, 0.25) is 5.91 Å².